The smallest absolute Gasteiger partial charge is 0.0809 e. The van der Waals surface area contributed by atoms with Gasteiger partial charge in [0.1, 0.15) is 0 Å². The van der Waals surface area contributed by atoms with Crippen LogP contribution in [0.1, 0.15) is 5.56 Å². The zero-order chi connectivity index (χ0) is 17.5. The van der Waals surface area contributed by atoms with Crippen LogP contribution in [-0.4, -0.2) is 9.61 Å². The summed E-state index contributed by atoms with van der Waals surface area (Å²) in [7, 11) is 0. The number of rotatable bonds is 2. The summed E-state index contributed by atoms with van der Waals surface area (Å²) in [4.78, 5) is 0. The number of fused-ring (bicyclic) bond motifs is 3. The van der Waals surface area contributed by atoms with E-state index in [2.05, 4.69) is 101 Å². The predicted octanol–water partition coefficient (Wildman–Crippen LogP) is 6.13. The van der Waals surface area contributed by atoms with Crippen LogP contribution in [0.25, 0.3) is 38.7 Å². The number of benzene rings is 3. The lowest BCUT2D eigenvalue weighted by Gasteiger charge is -2.17. The zero-order valence-electron chi connectivity index (χ0n) is 14.6. The van der Waals surface area contributed by atoms with E-state index in [1.165, 1.54) is 33.0 Å². The van der Waals surface area contributed by atoms with Gasteiger partial charge in [-0.3, -0.25) is 0 Å². The van der Waals surface area contributed by atoms with E-state index in [9.17, 15) is 0 Å². The summed E-state index contributed by atoms with van der Waals surface area (Å²) in [6, 6.07) is 29.9. The normalized spacial score (nSPS) is 11.3. The van der Waals surface area contributed by atoms with Crippen molar-refractivity contribution in [2.75, 3.05) is 0 Å². The lowest BCUT2D eigenvalue weighted by molar-refractivity contribution is 0.976. The SMILES string of the molecule is Cc1ccc2c(-c3ccccc3)c(-c3ccccc3)n3nccc3c2c1. The number of hydrogen-bond acceptors (Lipinski definition) is 1. The Morgan fingerprint density at radius 1 is 0.692 bits per heavy atom. The maximum Gasteiger partial charge on any atom is 0.0809 e. The predicted molar refractivity (Wildman–Crippen MR) is 108 cm³/mol. The third kappa shape index (κ3) is 2.23. The topological polar surface area (TPSA) is 17.3 Å². The highest BCUT2D eigenvalue weighted by Gasteiger charge is 2.18. The van der Waals surface area contributed by atoms with E-state index >= 15 is 0 Å². The molecule has 0 unspecified atom stereocenters. The highest BCUT2D eigenvalue weighted by atomic mass is 15.2. The van der Waals surface area contributed by atoms with Crippen LogP contribution in [0.15, 0.2) is 91.1 Å². The van der Waals surface area contributed by atoms with Crippen LogP contribution in [0.4, 0.5) is 0 Å². The highest BCUT2D eigenvalue weighted by Crippen LogP contribution is 2.39. The average molecular weight is 334 g/mol. The van der Waals surface area contributed by atoms with Gasteiger partial charge in [-0.05, 0) is 30.0 Å². The molecule has 0 atom stereocenters. The van der Waals surface area contributed by atoms with Crippen molar-refractivity contribution in [3.63, 3.8) is 0 Å². The number of aryl methyl sites for hydroxylation is 1. The lowest BCUT2D eigenvalue weighted by atomic mass is 9.93. The van der Waals surface area contributed by atoms with Crippen molar-refractivity contribution in [3.8, 4) is 22.4 Å². The van der Waals surface area contributed by atoms with E-state index < -0.39 is 0 Å². The fourth-order valence-electron chi connectivity index (χ4n) is 3.77. The minimum absolute atomic E-state index is 1.13. The fourth-order valence-corrected chi connectivity index (χ4v) is 3.77. The first-order chi connectivity index (χ1) is 12.8. The first-order valence-electron chi connectivity index (χ1n) is 8.84. The van der Waals surface area contributed by atoms with Gasteiger partial charge in [0.05, 0.1) is 17.4 Å². The maximum absolute atomic E-state index is 4.68. The summed E-state index contributed by atoms with van der Waals surface area (Å²) >= 11 is 0. The summed E-state index contributed by atoms with van der Waals surface area (Å²) < 4.78 is 2.08. The van der Waals surface area contributed by atoms with Crippen molar-refractivity contribution in [1.29, 1.82) is 0 Å². The number of aromatic nitrogens is 2. The van der Waals surface area contributed by atoms with Gasteiger partial charge in [-0.15, -0.1) is 0 Å². The molecule has 3 aromatic carbocycles. The molecule has 2 heteroatoms. The third-order valence-electron chi connectivity index (χ3n) is 4.92. The molecule has 2 nitrogen and oxygen atoms in total. The van der Waals surface area contributed by atoms with Gasteiger partial charge in [-0.1, -0.05) is 78.4 Å². The maximum atomic E-state index is 4.68. The molecule has 0 saturated heterocycles. The van der Waals surface area contributed by atoms with Crippen LogP contribution in [0.5, 0.6) is 0 Å². The summed E-state index contributed by atoms with van der Waals surface area (Å²) in [6.07, 6.45) is 1.89. The van der Waals surface area contributed by atoms with Crippen LogP contribution in [0.2, 0.25) is 0 Å². The van der Waals surface area contributed by atoms with Crippen LogP contribution < -0.4 is 0 Å². The summed E-state index contributed by atoms with van der Waals surface area (Å²) in [6.45, 7) is 2.14. The molecule has 0 bridgehead atoms. The van der Waals surface area contributed by atoms with Gasteiger partial charge in [-0.25, -0.2) is 4.52 Å². The molecule has 0 aliphatic carbocycles. The first-order valence-corrected chi connectivity index (χ1v) is 8.84. The Bertz CT molecular complexity index is 1220. The molecule has 2 heterocycles. The van der Waals surface area contributed by atoms with E-state index in [0.29, 0.717) is 0 Å². The molecule has 26 heavy (non-hydrogen) atoms. The summed E-state index contributed by atoms with van der Waals surface area (Å²) in [5, 5.41) is 7.17. The Morgan fingerprint density at radius 2 is 1.38 bits per heavy atom. The van der Waals surface area contributed by atoms with E-state index in [0.717, 1.165) is 11.2 Å². The Hall–Kier alpha value is -3.39. The van der Waals surface area contributed by atoms with Gasteiger partial charge in [0.15, 0.2) is 0 Å². The van der Waals surface area contributed by atoms with Gasteiger partial charge in [0.2, 0.25) is 0 Å². The number of pyridine rings is 1. The van der Waals surface area contributed by atoms with Crippen molar-refractivity contribution in [2.24, 2.45) is 0 Å². The Kier molecular flexibility index (Phi) is 3.36. The van der Waals surface area contributed by atoms with Crippen LogP contribution in [0, 0.1) is 6.92 Å². The molecule has 0 aliphatic heterocycles. The molecule has 0 saturated carbocycles. The largest absolute Gasteiger partial charge is 0.232 e. The molecule has 5 aromatic rings. The van der Waals surface area contributed by atoms with Gasteiger partial charge in [0.25, 0.3) is 0 Å². The second kappa shape index (κ2) is 5.85. The van der Waals surface area contributed by atoms with E-state index in [1.807, 2.05) is 6.20 Å². The lowest BCUT2D eigenvalue weighted by Crippen LogP contribution is -1.99. The number of nitrogens with zero attached hydrogens (tertiary/aromatic N) is 2. The van der Waals surface area contributed by atoms with E-state index in [-0.39, 0.29) is 0 Å². The quantitative estimate of drug-likeness (QED) is 0.379. The van der Waals surface area contributed by atoms with Crippen LogP contribution >= 0.6 is 0 Å². The molecule has 0 N–H and O–H groups in total. The molecule has 5 rings (SSSR count). The second-order valence-electron chi connectivity index (χ2n) is 6.63. The number of hydrogen-bond donors (Lipinski definition) is 0. The van der Waals surface area contributed by atoms with Gasteiger partial charge in [-0.2, -0.15) is 5.10 Å². The molecule has 124 valence electrons. The van der Waals surface area contributed by atoms with Gasteiger partial charge in [0, 0.05) is 16.5 Å². The third-order valence-corrected chi connectivity index (χ3v) is 4.92. The van der Waals surface area contributed by atoms with Crippen LogP contribution in [-0.2, 0) is 0 Å². The van der Waals surface area contributed by atoms with Crippen molar-refractivity contribution in [2.45, 2.75) is 6.92 Å². The molecular formula is C24H18N2. The minimum Gasteiger partial charge on any atom is -0.232 e. The highest BCUT2D eigenvalue weighted by molar-refractivity contribution is 6.09. The molecule has 0 aliphatic rings. The molecule has 0 amide bonds. The van der Waals surface area contributed by atoms with E-state index in [4.69, 9.17) is 0 Å². The molecule has 2 aromatic heterocycles. The summed E-state index contributed by atoms with van der Waals surface area (Å²) in [5.41, 5.74) is 7.13. The molecular weight excluding hydrogens is 316 g/mol. The minimum atomic E-state index is 1.13. The molecule has 0 radical (unpaired) electrons. The Labute approximate surface area is 152 Å². The average Bonchev–Trinajstić information content (AvgIpc) is 3.18. The summed E-state index contributed by atoms with van der Waals surface area (Å²) in [5.74, 6) is 0. The van der Waals surface area contributed by atoms with Gasteiger partial charge >= 0.3 is 0 Å². The van der Waals surface area contributed by atoms with Crippen molar-refractivity contribution in [1.82, 2.24) is 9.61 Å². The van der Waals surface area contributed by atoms with Crippen molar-refractivity contribution in [3.05, 3.63) is 96.7 Å². The van der Waals surface area contributed by atoms with E-state index in [1.54, 1.807) is 0 Å². The molecule has 0 fully saturated rings. The Morgan fingerprint density at radius 3 is 2.12 bits per heavy atom. The second-order valence-corrected chi connectivity index (χ2v) is 6.63. The van der Waals surface area contributed by atoms with Crippen LogP contribution in [0.3, 0.4) is 0 Å². The van der Waals surface area contributed by atoms with Gasteiger partial charge < -0.3 is 0 Å². The first kappa shape index (κ1) is 14.9. The standard InChI is InChI=1S/C24H18N2/c1-17-12-13-20-21(16-17)22-14-15-25-26(22)24(19-10-6-3-7-11-19)23(20)18-8-4-2-5-9-18/h2-16H,1H3. The monoisotopic (exact) mass is 334 g/mol. The van der Waals surface area contributed by atoms with Crippen molar-refractivity contribution < 1.29 is 0 Å². The Balaban J connectivity index is 2.04. The van der Waals surface area contributed by atoms with Crippen molar-refractivity contribution >= 4 is 16.3 Å². The molecule has 0 spiro atoms. The fraction of sp³-hybridized carbons (Fsp3) is 0.0417. The zero-order valence-corrected chi connectivity index (χ0v) is 14.6.